The van der Waals surface area contributed by atoms with E-state index in [4.69, 9.17) is 23.8 Å². The summed E-state index contributed by atoms with van der Waals surface area (Å²) in [7, 11) is 0. The maximum absolute atomic E-state index is 13.5. The molecule has 1 aliphatic rings. The first-order chi connectivity index (χ1) is 7.11. The van der Waals surface area contributed by atoms with Gasteiger partial charge >= 0.3 is 0 Å². The Morgan fingerprint density at radius 2 is 2.27 bits per heavy atom. The summed E-state index contributed by atoms with van der Waals surface area (Å²) in [5, 5.41) is 0.188. The van der Waals surface area contributed by atoms with Gasteiger partial charge in [-0.05, 0) is 12.1 Å². The Morgan fingerprint density at radius 1 is 1.53 bits per heavy atom. The van der Waals surface area contributed by atoms with Gasteiger partial charge in [0.1, 0.15) is 15.8 Å². The SMILES string of the molecule is O=C1CSC(=S)N1c1c(F)cccc1Cl. The maximum Gasteiger partial charge on any atom is 0.243 e. The van der Waals surface area contributed by atoms with E-state index in [9.17, 15) is 9.18 Å². The number of halogens is 2. The highest BCUT2D eigenvalue weighted by molar-refractivity contribution is 8.24. The third kappa shape index (κ3) is 1.87. The van der Waals surface area contributed by atoms with Crippen molar-refractivity contribution in [3.8, 4) is 0 Å². The van der Waals surface area contributed by atoms with Crippen LogP contribution in [-0.4, -0.2) is 16.0 Å². The summed E-state index contributed by atoms with van der Waals surface area (Å²) < 4.78 is 13.8. The average Bonchev–Trinajstić information content (AvgIpc) is 2.49. The Balaban J connectivity index is 2.53. The Morgan fingerprint density at radius 3 is 2.80 bits per heavy atom. The molecule has 2 rings (SSSR count). The largest absolute Gasteiger partial charge is 0.273 e. The van der Waals surface area contributed by atoms with Crippen LogP contribution in [0.4, 0.5) is 10.1 Å². The van der Waals surface area contributed by atoms with Crippen molar-refractivity contribution < 1.29 is 9.18 Å². The molecular formula is C9H5ClFNOS2. The number of para-hydroxylation sites is 1. The Labute approximate surface area is 100 Å². The third-order valence-electron chi connectivity index (χ3n) is 1.91. The van der Waals surface area contributed by atoms with Gasteiger partial charge in [-0.2, -0.15) is 0 Å². The first kappa shape index (κ1) is 10.9. The second-order valence-corrected chi connectivity index (χ2v) is 4.87. The van der Waals surface area contributed by atoms with E-state index in [1.807, 2.05) is 0 Å². The normalized spacial score (nSPS) is 16.3. The summed E-state index contributed by atoms with van der Waals surface area (Å²) in [5.74, 6) is -0.540. The highest BCUT2D eigenvalue weighted by Gasteiger charge is 2.31. The van der Waals surface area contributed by atoms with Crippen molar-refractivity contribution in [1.82, 2.24) is 0 Å². The predicted molar refractivity (Wildman–Crippen MR) is 64.0 cm³/mol. The molecule has 15 heavy (non-hydrogen) atoms. The molecule has 0 bridgehead atoms. The first-order valence-electron chi connectivity index (χ1n) is 4.05. The summed E-state index contributed by atoms with van der Waals surface area (Å²) in [4.78, 5) is 12.6. The lowest BCUT2D eigenvalue weighted by Gasteiger charge is -2.16. The maximum atomic E-state index is 13.5. The Bertz CT molecular complexity index is 415. The molecule has 0 N–H and O–H groups in total. The molecule has 78 valence electrons. The molecule has 0 saturated carbocycles. The molecular weight excluding hydrogens is 257 g/mol. The number of benzene rings is 1. The van der Waals surface area contributed by atoms with Gasteiger partial charge < -0.3 is 0 Å². The number of thiocarbonyl (C=S) groups is 1. The number of amides is 1. The number of rotatable bonds is 1. The molecule has 1 saturated heterocycles. The molecule has 0 spiro atoms. The van der Waals surface area contributed by atoms with Crippen LogP contribution >= 0.6 is 35.6 Å². The van der Waals surface area contributed by atoms with Gasteiger partial charge in [-0.3, -0.25) is 9.69 Å². The number of anilines is 1. The fourth-order valence-corrected chi connectivity index (χ4v) is 2.59. The van der Waals surface area contributed by atoms with Gasteiger partial charge in [-0.1, -0.05) is 41.6 Å². The van der Waals surface area contributed by atoms with Crippen LogP contribution in [-0.2, 0) is 4.79 Å². The van der Waals surface area contributed by atoms with Gasteiger partial charge in [0.2, 0.25) is 5.91 Å². The minimum Gasteiger partial charge on any atom is -0.273 e. The fourth-order valence-electron chi connectivity index (χ4n) is 1.27. The zero-order valence-electron chi connectivity index (χ0n) is 7.37. The Kier molecular flexibility index (Phi) is 2.95. The summed E-state index contributed by atoms with van der Waals surface area (Å²) >= 11 is 12.0. The minimum atomic E-state index is -0.541. The van der Waals surface area contributed by atoms with E-state index in [0.29, 0.717) is 4.32 Å². The lowest BCUT2D eigenvalue weighted by Crippen LogP contribution is -2.29. The van der Waals surface area contributed by atoms with Crippen molar-refractivity contribution >= 4 is 51.5 Å². The molecule has 1 aromatic carbocycles. The van der Waals surface area contributed by atoms with E-state index < -0.39 is 5.82 Å². The van der Waals surface area contributed by atoms with Crippen LogP contribution in [0.1, 0.15) is 0 Å². The van der Waals surface area contributed by atoms with Gasteiger partial charge in [0.15, 0.2) is 0 Å². The van der Waals surface area contributed by atoms with Crippen LogP contribution in [0, 0.1) is 5.82 Å². The van der Waals surface area contributed by atoms with Gasteiger partial charge in [0.25, 0.3) is 0 Å². The molecule has 0 aromatic heterocycles. The standard InChI is InChI=1S/C9H5ClFNOS2/c10-5-2-1-3-6(11)8(5)12-7(13)4-15-9(12)14/h1-3H,4H2. The number of nitrogens with zero attached hydrogens (tertiary/aromatic N) is 1. The van der Waals surface area contributed by atoms with Crippen LogP contribution in [0.5, 0.6) is 0 Å². The lowest BCUT2D eigenvalue weighted by atomic mass is 10.3. The summed E-state index contributed by atoms with van der Waals surface area (Å²) in [6.45, 7) is 0. The summed E-state index contributed by atoms with van der Waals surface area (Å²) in [6, 6.07) is 4.26. The number of thioether (sulfide) groups is 1. The molecule has 0 aliphatic carbocycles. The molecule has 2 nitrogen and oxygen atoms in total. The van der Waals surface area contributed by atoms with Crippen LogP contribution < -0.4 is 4.90 Å². The topological polar surface area (TPSA) is 20.3 Å². The average molecular weight is 262 g/mol. The molecule has 1 aliphatic heterocycles. The van der Waals surface area contributed by atoms with Crippen molar-refractivity contribution in [1.29, 1.82) is 0 Å². The quantitative estimate of drug-likeness (QED) is 0.725. The highest BCUT2D eigenvalue weighted by Crippen LogP contribution is 2.34. The molecule has 0 atom stereocenters. The second kappa shape index (κ2) is 4.08. The van der Waals surface area contributed by atoms with E-state index in [2.05, 4.69) is 0 Å². The van der Waals surface area contributed by atoms with Crippen LogP contribution in [0.3, 0.4) is 0 Å². The van der Waals surface area contributed by atoms with Crippen molar-refractivity contribution in [2.24, 2.45) is 0 Å². The van der Waals surface area contributed by atoms with Gasteiger partial charge in [-0.25, -0.2) is 4.39 Å². The number of carbonyl (C=O) groups excluding carboxylic acids is 1. The summed E-state index contributed by atoms with van der Waals surface area (Å²) in [5.41, 5.74) is 0.0548. The zero-order chi connectivity index (χ0) is 11.0. The number of hydrogen-bond acceptors (Lipinski definition) is 3. The molecule has 0 unspecified atom stereocenters. The monoisotopic (exact) mass is 261 g/mol. The number of hydrogen-bond donors (Lipinski definition) is 0. The van der Waals surface area contributed by atoms with E-state index >= 15 is 0 Å². The van der Waals surface area contributed by atoms with Crippen LogP contribution in [0.15, 0.2) is 18.2 Å². The van der Waals surface area contributed by atoms with Crippen LogP contribution in [0.2, 0.25) is 5.02 Å². The zero-order valence-corrected chi connectivity index (χ0v) is 9.76. The predicted octanol–water partition coefficient (Wildman–Crippen LogP) is 2.84. The van der Waals surface area contributed by atoms with Crippen LogP contribution in [0.25, 0.3) is 0 Å². The molecule has 1 aromatic rings. The summed E-state index contributed by atoms with van der Waals surface area (Å²) in [6.07, 6.45) is 0. The molecule has 1 amide bonds. The fraction of sp³-hybridized carbons (Fsp3) is 0.111. The smallest absolute Gasteiger partial charge is 0.243 e. The molecule has 1 heterocycles. The van der Waals surface area contributed by atoms with Gasteiger partial charge in [0, 0.05) is 0 Å². The van der Waals surface area contributed by atoms with Crippen molar-refractivity contribution in [2.45, 2.75) is 0 Å². The van der Waals surface area contributed by atoms with Gasteiger partial charge in [-0.15, -0.1) is 0 Å². The third-order valence-corrected chi connectivity index (χ3v) is 3.57. The first-order valence-corrected chi connectivity index (χ1v) is 5.82. The Hall–Kier alpha value is -0.650. The van der Waals surface area contributed by atoms with Crippen molar-refractivity contribution in [3.05, 3.63) is 29.0 Å². The van der Waals surface area contributed by atoms with E-state index in [0.717, 1.165) is 4.90 Å². The van der Waals surface area contributed by atoms with Gasteiger partial charge in [0.05, 0.1) is 10.8 Å². The molecule has 0 radical (unpaired) electrons. The number of carbonyl (C=O) groups is 1. The molecule has 6 heteroatoms. The van der Waals surface area contributed by atoms with E-state index in [1.54, 1.807) is 0 Å². The minimum absolute atomic E-state index is 0.0548. The van der Waals surface area contributed by atoms with Crippen molar-refractivity contribution in [2.75, 3.05) is 10.7 Å². The van der Waals surface area contributed by atoms with Crippen molar-refractivity contribution in [3.63, 3.8) is 0 Å². The van der Waals surface area contributed by atoms with E-state index in [-0.39, 0.29) is 22.4 Å². The second-order valence-electron chi connectivity index (χ2n) is 2.85. The highest BCUT2D eigenvalue weighted by atomic mass is 35.5. The molecule has 1 fully saturated rings. The lowest BCUT2D eigenvalue weighted by molar-refractivity contribution is -0.115. The van der Waals surface area contributed by atoms with E-state index in [1.165, 1.54) is 30.0 Å².